The molecule has 0 bridgehead atoms. The molecule has 1 aromatic rings. The Bertz CT molecular complexity index is 540. The normalized spacial score (nSPS) is 29.3. The molecule has 0 unspecified atom stereocenters. The van der Waals surface area contributed by atoms with Crippen molar-refractivity contribution in [1.29, 1.82) is 0 Å². The van der Waals surface area contributed by atoms with Gasteiger partial charge in [-0.15, -0.1) is 0 Å². The molecule has 6 nitrogen and oxygen atoms in total. The molecule has 0 radical (unpaired) electrons. The molecule has 0 saturated carbocycles. The van der Waals surface area contributed by atoms with Crippen LogP contribution in [0.5, 0.6) is 0 Å². The van der Waals surface area contributed by atoms with Crippen molar-refractivity contribution in [3.05, 3.63) is 18.0 Å². The SMILES string of the molecule is Cc1cnn([C@H](C)[C@H](C)N[C@H]2CS(=O)(=O)C[C@@H]2O)c1. The van der Waals surface area contributed by atoms with Crippen LogP contribution >= 0.6 is 0 Å². The largest absolute Gasteiger partial charge is 0.390 e. The van der Waals surface area contributed by atoms with Gasteiger partial charge in [-0.3, -0.25) is 4.68 Å². The van der Waals surface area contributed by atoms with Crippen molar-refractivity contribution in [3.8, 4) is 0 Å². The number of aliphatic hydroxyl groups is 1. The Balaban J connectivity index is 1.99. The van der Waals surface area contributed by atoms with E-state index in [1.165, 1.54) is 0 Å². The lowest BCUT2D eigenvalue weighted by Crippen LogP contribution is -2.46. The van der Waals surface area contributed by atoms with Crippen molar-refractivity contribution >= 4 is 9.84 Å². The highest BCUT2D eigenvalue weighted by Gasteiger charge is 2.37. The van der Waals surface area contributed by atoms with Gasteiger partial charge in [0.05, 0.1) is 29.8 Å². The number of hydrogen-bond donors (Lipinski definition) is 2. The standard InChI is InChI=1S/C12H21N3O3S/c1-8-4-13-15(5-8)10(3)9(2)14-11-6-19(17,18)7-12(11)16/h4-5,9-12,14,16H,6-7H2,1-3H3/t9-,10+,11-,12-/m0/s1. The van der Waals surface area contributed by atoms with Gasteiger partial charge >= 0.3 is 0 Å². The maximum absolute atomic E-state index is 11.5. The lowest BCUT2D eigenvalue weighted by molar-refractivity contribution is 0.154. The molecule has 2 rings (SSSR count). The van der Waals surface area contributed by atoms with Crippen LogP contribution in [-0.2, 0) is 9.84 Å². The van der Waals surface area contributed by atoms with Crippen molar-refractivity contribution in [1.82, 2.24) is 15.1 Å². The summed E-state index contributed by atoms with van der Waals surface area (Å²) >= 11 is 0. The summed E-state index contributed by atoms with van der Waals surface area (Å²) in [7, 11) is -3.11. The van der Waals surface area contributed by atoms with Crippen LogP contribution in [0.2, 0.25) is 0 Å². The van der Waals surface area contributed by atoms with E-state index in [9.17, 15) is 13.5 Å². The van der Waals surface area contributed by atoms with Crippen molar-refractivity contribution < 1.29 is 13.5 Å². The van der Waals surface area contributed by atoms with Crippen molar-refractivity contribution in [2.75, 3.05) is 11.5 Å². The predicted molar refractivity (Wildman–Crippen MR) is 72.7 cm³/mol. The quantitative estimate of drug-likeness (QED) is 0.807. The van der Waals surface area contributed by atoms with Crippen LogP contribution < -0.4 is 5.32 Å². The van der Waals surface area contributed by atoms with E-state index in [1.807, 2.05) is 31.6 Å². The maximum Gasteiger partial charge on any atom is 0.154 e. The van der Waals surface area contributed by atoms with Gasteiger partial charge in [-0.05, 0) is 26.3 Å². The molecule has 1 aliphatic rings. The molecule has 0 aromatic carbocycles. The molecule has 1 aromatic heterocycles. The molecular formula is C12H21N3O3S. The topological polar surface area (TPSA) is 84.2 Å². The highest BCUT2D eigenvalue weighted by molar-refractivity contribution is 7.91. The first-order chi connectivity index (χ1) is 8.78. The smallest absolute Gasteiger partial charge is 0.154 e. The third-order valence-electron chi connectivity index (χ3n) is 3.67. The first-order valence-corrected chi connectivity index (χ1v) is 8.26. The summed E-state index contributed by atoms with van der Waals surface area (Å²) in [5, 5.41) is 17.2. The zero-order valence-corrected chi connectivity index (χ0v) is 12.3. The monoisotopic (exact) mass is 287 g/mol. The van der Waals surface area contributed by atoms with Gasteiger partial charge in [0.25, 0.3) is 0 Å². The Labute approximate surface area is 113 Å². The van der Waals surface area contributed by atoms with Gasteiger partial charge < -0.3 is 10.4 Å². The van der Waals surface area contributed by atoms with Crippen LogP contribution in [-0.4, -0.2) is 53.0 Å². The highest BCUT2D eigenvalue weighted by atomic mass is 32.2. The van der Waals surface area contributed by atoms with Gasteiger partial charge in [0, 0.05) is 18.3 Å². The van der Waals surface area contributed by atoms with Crippen LogP contribution in [0.15, 0.2) is 12.4 Å². The van der Waals surface area contributed by atoms with E-state index < -0.39 is 15.9 Å². The second-order valence-corrected chi connectivity index (χ2v) is 7.60. The van der Waals surface area contributed by atoms with E-state index in [0.29, 0.717) is 0 Å². The Morgan fingerprint density at radius 3 is 2.63 bits per heavy atom. The molecule has 4 atom stereocenters. The van der Waals surface area contributed by atoms with Gasteiger partial charge in [-0.1, -0.05) is 0 Å². The number of aromatic nitrogens is 2. The molecule has 1 fully saturated rings. The zero-order valence-electron chi connectivity index (χ0n) is 11.4. The lowest BCUT2D eigenvalue weighted by atomic mass is 10.1. The second-order valence-electron chi connectivity index (χ2n) is 5.44. The molecule has 108 valence electrons. The number of nitrogens with one attached hydrogen (secondary N) is 1. The minimum atomic E-state index is -3.11. The molecule has 7 heteroatoms. The molecule has 0 spiro atoms. The van der Waals surface area contributed by atoms with Crippen LogP contribution in [0.1, 0.15) is 25.5 Å². The molecule has 2 heterocycles. The van der Waals surface area contributed by atoms with Gasteiger partial charge in [0.2, 0.25) is 0 Å². The van der Waals surface area contributed by atoms with E-state index >= 15 is 0 Å². The van der Waals surface area contributed by atoms with Crippen LogP contribution in [0, 0.1) is 6.92 Å². The third kappa shape index (κ3) is 3.34. The van der Waals surface area contributed by atoms with Gasteiger partial charge in [0.1, 0.15) is 0 Å². The first kappa shape index (κ1) is 14.5. The summed E-state index contributed by atoms with van der Waals surface area (Å²) in [6, 6.07) is -0.282. The number of hydrogen-bond acceptors (Lipinski definition) is 5. The number of rotatable bonds is 4. The average molecular weight is 287 g/mol. The first-order valence-electron chi connectivity index (χ1n) is 6.44. The lowest BCUT2D eigenvalue weighted by Gasteiger charge is -2.26. The average Bonchev–Trinajstić information content (AvgIpc) is 2.82. The summed E-state index contributed by atoms with van der Waals surface area (Å²) < 4.78 is 24.8. The molecule has 2 N–H and O–H groups in total. The molecular weight excluding hydrogens is 266 g/mol. The molecule has 19 heavy (non-hydrogen) atoms. The number of aliphatic hydroxyl groups excluding tert-OH is 1. The molecule has 1 saturated heterocycles. The second kappa shape index (κ2) is 5.22. The van der Waals surface area contributed by atoms with Gasteiger partial charge in [0.15, 0.2) is 9.84 Å². The number of sulfone groups is 1. The van der Waals surface area contributed by atoms with Crippen molar-refractivity contribution in [3.63, 3.8) is 0 Å². The minimum absolute atomic E-state index is 0.00333. The molecule has 1 aliphatic heterocycles. The molecule has 0 aliphatic carbocycles. The fourth-order valence-corrected chi connectivity index (χ4v) is 4.10. The van der Waals surface area contributed by atoms with Crippen molar-refractivity contribution in [2.24, 2.45) is 0 Å². The fourth-order valence-electron chi connectivity index (χ4n) is 2.35. The fraction of sp³-hybridized carbons (Fsp3) is 0.750. The van der Waals surface area contributed by atoms with E-state index in [-0.39, 0.29) is 29.6 Å². The van der Waals surface area contributed by atoms with E-state index in [2.05, 4.69) is 10.4 Å². The summed E-state index contributed by atoms with van der Waals surface area (Å²) in [5.41, 5.74) is 1.09. The zero-order chi connectivity index (χ0) is 14.2. The van der Waals surface area contributed by atoms with Gasteiger partial charge in [-0.25, -0.2) is 8.42 Å². The van der Waals surface area contributed by atoms with Crippen LogP contribution in [0.3, 0.4) is 0 Å². The van der Waals surface area contributed by atoms with Crippen LogP contribution in [0.25, 0.3) is 0 Å². The number of nitrogens with zero attached hydrogens (tertiary/aromatic N) is 2. The predicted octanol–water partition coefficient (Wildman–Crippen LogP) is -0.111. The Hall–Kier alpha value is -0.920. The third-order valence-corrected chi connectivity index (χ3v) is 5.39. The maximum atomic E-state index is 11.5. The molecule has 0 amide bonds. The Kier molecular flexibility index (Phi) is 3.98. The Morgan fingerprint density at radius 1 is 1.47 bits per heavy atom. The summed E-state index contributed by atoms with van der Waals surface area (Å²) in [5.74, 6) is -0.143. The highest BCUT2D eigenvalue weighted by Crippen LogP contribution is 2.17. The summed E-state index contributed by atoms with van der Waals surface area (Å²) in [4.78, 5) is 0. The van der Waals surface area contributed by atoms with Crippen molar-refractivity contribution in [2.45, 2.75) is 45.0 Å². The van der Waals surface area contributed by atoms with Crippen LogP contribution in [0.4, 0.5) is 0 Å². The van der Waals surface area contributed by atoms with E-state index in [1.54, 1.807) is 6.20 Å². The Morgan fingerprint density at radius 2 is 2.16 bits per heavy atom. The number of aryl methyl sites for hydroxylation is 1. The van der Waals surface area contributed by atoms with E-state index in [0.717, 1.165) is 5.56 Å². The summed E-state index contributed by atoms with van der Waals surface area (Å²) in [6.07, 6.45) is 2.92. The van der Waals surface area contributed by atoms with E-state index in [4.69, 9.17) is 0 Å². The summed E-state index contributed by atoms with van der Waals surface area (Å²) in [6.45, 7) is 5.96. The minimum Gasteiger partial charge on any atom is -0.390 e. The van der Waals surface area contributed by atoms with Gasteiger partial charge in [-0.2, -0.15) is 5.10 Å².